The van der Waals surface area contributed by atoms with Gasteiger partial charge < -0.3 is 14.2 Å². The third-order valence-corrected chi connectivity index (χ3v) is 13.2. The van der Waals surface area contributed by atoms with Crippen molar-refractivity contribution in [1.29, 1.82) is 0 Å². The Labute approximate surface area is 492 Å². The molecule has 0 rings (SSSR count). The van der Waals surface area contributed by atoms with E-state index < -0.39 is 6.10 Å². The molecule has 450 valence electrons. The lowest BCUT2D eigenvalue weighted by molar-refractivity contribution is -0.167. The van der Waals surface area contributed by atoms with E-state index in [9.17, 15) is 14.4 Å². The Balaban J connectivity index is 4.26. The lowest BCUT2D eigenvalue weighted by Gasteiger charge is -2.18. The summed E-state index contributed by atoms with van der Waals surface area (Å²) >= 11 is 0. The summed E-state index contributed by atoms with van der Waals surface area (Å²) in [6.45, 7) is 6.31. The van der Waals surface area contributed by atoms with Gasteiger partial charge in [-0.15, -0.1) is 0 Å². The number of hydrogen-bond acceptors (Lipinski definition) is 6. The van der Waals surface area contributed by atoms with Gasteiger partial charge >= 0.3 is 17.9 Å². The van der Waals surface area contributed by atoms with Crippen LogP contribution < -0.4 is 0 Å². The minimum atomic E-state index is -0.807. The van der Waals surface area contributed by atoms with Crippen LogP contribution in [0, 0.1) is 0 Å². The lowest BCUT2D eigenvalue weighted by Crippen LogP contribution is -2.30. The Morgan fingerprint density at radius 3 is 0.787 bits per heavy atom. The van der Waals surface area contributed by atoms with Crippen LogP contribution in [-0.2, 0) is 28.6 Å². The van der Waals surface area contributed by atoms with E-state index in [-0.39, 0.29) is 37.5 Å². The second-order valence-electron chi connectivity index (χ2n) is 20.9. The van der Waals surface area contributed by atoms with Gasteiger partial charge in [-0.3, -0.25) is 14.4 Å². The fourth-order valence-corrected chi connectivity index (χ4v) is 8.45. The van der Waals surface area contributed by atoms with Gasteiger partial charge in [0.25, 0.3) is 0 Å². The monoisotopic (exact) mass is 1100 g/mol. The summed E-state index contributed by atoms with van der Waals surface area (Å²) in [4.78, 5) is 38.2. The zero-order chi connectivity index (χ0) is 57.8. The van der Waals surface area contributed by atoms with Gasteiger partial charge in [-0.05, 0) is 141 Å². The Morgan fingerprint density at radius 1 is 0.263 bits per heavy atom. The molecule has 0 aromatic heterocycles. The molecule has 0 radical (unpaired) electrons. The minimum Gasteiger partial charge on any atom is -0.462 e. The average molecular weight is 1100 g/mol. The van der Waals surface area contributed by atoms with Gasteiger partial charge in [0, 0.05) is 19.3 Å². The van der Waals surface area contributed by atoms with Crippen molar-refractivity contribution in [3.63, 3.8) is 0 Å². The van der Waals surface area contributed by atoms with Crippen LogP contribution in [0.15, 0.2) is 158 Å². The molecule has 0 saturated heterocycles. The van der Waals surface area contributed by atoms with Gasteiger partial charge in [0.15, 0.2) is 6.10 Å². The Bertz CT molecular complexity index is 1790. The molecule has 0 aliphatic carbocycles. The molecule has 1 unspecified atom stereocenters. The van der Waals surface area contributed by atoms with Gasteiger partial charge in [-0.25, -0.2) is 0 Å². The van der Waals surface area contributed by atoms with Crippen molar-refractivity contribution in [2.45, 2.75) is 277 Å². The van der Waals surface area contributed by atoms with E-state index in [1.807, 2.05) is 0 Å². The first-order chi connectivity index (χ1) is 39.5. The number of carbonyl (C=O) groups excluding carboxylic acids is 3. The van der Waals surface area contributed by atoms with Crippen LogP contribution in [-0.4, -0.2) is 37.2 Å². The van der Waals surface area contributed by atoms with Crippen LogP contribution in [0.4, 0.5) is 0 Å². The standard InChI is InChI=1S/C74H118O6/c1-4-7-10-13-16-19-22-24-26-28-30-31-32-33-34-35-36-37-38-39-40-41-42-43-45-46-48-50-52-55-58-61-64-67-73(76)79-70-71(69-78-72(75)66-63-60-57-54-21-18-15-12-9-6-3)80-74(77)68-65-62-59-56-53-51-49-47-44-29-27-25-23-20-17-14-11-8-5-2/h7-8,10-12,15-17,19-20,24-27,30-31,33-34,36-37,39-40,44,47,51,53,71H,4-6,9,13-14,18,21-23,28-29,32,35,38,41-43,45-46,48-50,52,54-70H2,1-3H3/b10-7-,11-8-,15-12-,19-16-,20-17-,26-24-,27-25-,31-30-,34-33-,37-36-,40-39-,47-44-,53-51-. The number of ether oxygens (including phenoxy) is 3. The van der Waals surface area contributed by atoms with Gasteiger partial charge in [0.1, 0.15) is 13.2 Å². The predicted molar refractivity (Wildman–Crippen MR) is 348 cm³/mol. The number of allylic oxidation sites excluding steroid dienone is 26. The quantitative estimate of drug-likeness (QED) is 0.0261. The molecule has 0 saturated carbocycles. The van der Waals surface area contributed by atoms with Crippen molar-refractivity contribution in [3.8, 4) is 0 Å². The molecular formula is C74H118O6. The van der Waals surface area contributed by atoms with Gasteiger partial charge in [0.2, 0.25) is 0 Å². The summed E-state index contributed by atoms with van der Waals surface area (Å²) in [5, 5.41) is 0. The smallest absolute Gasteiger partial charge is 0.306 e. The number of carbonyl (C=O) groups is 3. The molecule has 0 aliphatic heterocycles. The SMILES string of the molecule is CC/C=C\C/C=C\C/C=C\C/C=C\C/C=C\C/C=C\C/C=C\CCCCCCCCCCCCCC(=O)OCC(COC(=O)CCCCCCC/C=C\CCC)OC(=O)CCCCC/C=C\C/C=C\C/C=C\C/C=C\C/C=C\CC. The predicted octanol–water partition coefficient (Wildman–Crippen LogP) is 22.5. The first-order valence-corrected chi connectivity index (χ1v) is 32.5. The Kier molecular flexibility index (Phi) is 62.4. The van der Waals surface area contributed by atoms with Gasteiger partial charge in [-0.2, -0.15) is 0 Å². The van der Waals surface area contributed by atoms with Crippen molar-refractivity contribution in [2.75, 3.05) is 13.2 Å². The van der Waals surface area contributed by atoms with Crippen molar-refractivity contribution in [2.24, 2.45) is 0 Å². The van der Waals surface area contributed by atoms with Crippen molar-refractivity contribution < 1.29 is 28.6 Å². The van der Waals surface area contributed by atoms with E-state index >= 15 is 0 Å². The van der Waals surface area contributed by atoms with Crippen LogP contribution in [0.5, 0.6) is 0 Å². The average Bonchev–Trinajstić information content (AvgIpc) is 3.46. The van der Waals surface area contributed by atoms with Crippen LogP contribution in [0.25, 0.3) is 0 Å². The second kappa shape index (κ2) is 66.5. The Hall–Kier alpha value is -4.97. The fourth-order valence-electron chi connectivity index (χ4n) is 8.45. The van der Waals surface area contributed by atoms with E-state index in [1.165, 1.54) is 70.6 Å². The summed E-state index contributed by atoms with van der Waals surface area (Å²) in [5.41, 5.74) is 0. The van der Waals surface area contributed by atoms with Crippen LogP contribution in [0.2, 0.25) is 0 Å². The largest absolute Gasteiger partial charge is 0.462 e. The molecule has 0 aromatic carbocycles. The first kappa shape index (κ1) is 75.0. The number of esters is 3. The zero-order valence-corrected chi connectivity index (χ0v) is 51.5. The molecule has 0 bridgehead atoms. The number of hydrogen-bond donors (Lipinski definition) is 0. The summed E-state index contributed by atoms with van der Waals surface area (Å²) < 4.78 is 16.8. The molecule has 0 N–H and O–H groups in total. The summed E-state index contributed by atoms with van der Waals surface area (Å²) in [7, 11) is 0. The highest BCUT2D eigenvalue weighted by Crippen LogP contribution is 2.15. The van der Waals surface area contributed by atoms with Gasteiger partial charge in [-0.1, -0.05) is 269 Å². The van der Waals surface area contributed by atoms with Crippen molar-refractivity contribution in [1.82, 2.24) is 0 Å². The third-order valence-electron chi connectivity index (χ3n) is 13.2. The maximum absolute atomic E-state index is 12.9. The maximum atomic E-state index is 12.9. The van der Waals surface area contributed by atoms with Crippen molar-refractivity contribution >= 4 is 17.9 Å². The Morgan fingerprint density at radius 2 is 0.487 bits per heavy atom. The third kappa shape index (κ3) is 63.9. The summed E-state index contributed by atoms with van der Waals surface area (Å²) in [6, 6.07) is 0. The molecule has 0 heterocycles. The molecule has 0 aliphatic rings. The highest BCUT2D eigenvalue weighted by molar-refractivity contribution is 5.71. The van der Waals surface area contributed by atoms with Crippen LogP contribution in [0.1, 0.15) is 271 Å². The highest BCUT2D eigenvalue weighted by Gasteiger charge is 2.19. The molecule has 0 spiro atoms. The van der Waals surface area contributed by atoms with Gasteiger partial charge in [0.05, 0.1) is 0 Å². The normalized spacial score (nSPS) is 13.2. The van der Waals surface area contributed by atoms with Crippen LogP contribution >= 0.6 is 0 Å². The minimum absolute atomic E-state index is 0.101. The lowest BCUT2D eigenvalue weighted by atomic mass is 10.0. The molecule has 6 nitrogen and oxygen atoms in total. The van der Waals surface area contributed by atoms with E-state index in [2.05, 4.69) is 179 Å². The topological polar surface area (TPSA) is 78.9 Å². The summed E-state index contributed by atoms with van der Waals surface area (Å²) in [6.07, 6.45) is 96.9. The molecule has 6 heteroatoms. The van der Waals surface area contributed by atoms with E-state index in [4.69, 9.17) is 14.2 Å². The van der Waals surface area contributed by atoms with E-state index in [1.54, 1.807) is 0 Å². The molecular weight excluding hydrogens is 985 g/mol. The second-order valence-corrected chi connectivity index (χ2v) is 20.9. The number of unbranched alkanes of at least 4 members (excludes halogenated alkanes) is 20. The summed E-state index contributed by atoms with van der Waals surface area (Å²) in [5.74, 6) is -0.950. The zero-order valence-electron chi connectivity index (χ0n) is 51.5. The highest BCUT2D eigenvalue weighted by atomic mass is 16.6. The van der Waals surface area contributed by atoms with Crippen LogP contribution in [0.3, 0.4) is 0 Å². The molecule has 80 heavy (non-hydrogen) atoms. The van der Waals surface area contributed by atoms with E-state index in [0.29, 0.717) is 12.8 Å². The van der Waals surface area contributed by atoms with E-state index in [0.717, 1.165) is 161 Å². The molecule has 0 fully saturated rings. The fraction of sp³-hybridized carbons (Fsp3) is 0.608. The van der Waals surface area contributed by atoms with Crippen molar-refractivity contribution in [3.05, 3.63) is 158 Å². The molecule has 1 atom stereocenters. The molecule has 0 amide bonds. The molecule has 0 aromatic rings. The first-order valence-electron chi connectivity index (χ1n) is 32.5. The maximum Gasteiger partial charge on any atom is 0.306 e. The number of rotatable bonds is 57.